The van der Waals surface area contributed by atoms with Gasteiger partial charge < -0.3 is 20.7 Å². The molecular weight excluding hydrogens is 403 g/mol. The van der Waals surface area contributed by atoms with Gasteiger partial charge in [-0.05, 0) is 50.3 Å². The second-order valence-corrected chi connectivity index (χ2v) is 7.13. The maximum atomic E-state index is 13.7. The Kier molecular flexibility index (Phi) is 8.15. The van der Waals surface area contributed by atoms with Crippen molar-refractivity contribution in [1.29, 1.82) is 0 Å². The van der Waals surface area contributed by atoms with Gasteiger partial charge in [-0.15, -0.1) is 0 Å². The third-order valence-electron chi connectivity index (χ3n) is 4.27. The highest BCUT2D eigenvalue weighted by Crippen LogP contribution is 2.16. The summed E-state index contributed by atoms with van der Waals surface area (Å²) in [5.41, 5.74) is 6.61. The Balaban J connectivity index is 1.68. The summed E-state index contributed by atoms with van der Waals surface area (Å²) < 4.78 is 19.5. The predicted molar refractivity (Wildman–Crippen MR) is 104 cm³/mol. The van der Waals surface area contributed by atoms with Crippen LogP contribution in [0.1, 0.15) is 31.7 Å². The smallest absolute Gasteiger partial charge is 0.409 e. The molecule has 0 bridgehead atoms. The van der Waals surface area contributed by atoms with E-state index in [0.29, 0.717) is 44.2 Å². The number of likely N-dealkylation sites (tertiary alicyclic amines) is 1. The fourth-order valence-corrected chi connectivity index (χ4v) is 3.20. The summed E-state index contributed by atoms with van der Waals surface area (Å²) in [5.74, 6) is 0.193. The van der Waals surface area contributed by atoms with Crippen molar-refractivity contribution in [3.05, 3.63) is 34.1 Å². The molecule has 3 N–H and O–H groups in total. The first-order valence-corrected chi connectivity index (χ1v) is 9.71. The van der Waals surface area contributed by atoms with Crippen molar-refractivity contribution >= 4 is 28.0 Å². The van der Waals surface area contributed by atoms with Crippen molar-refractivity contribution in [2.24, 2.45) is 10.7 Å². The summed E-state index contributed by atoms with van der Waals surface area (Å²) in [7, 11) is 0. The van der Waals surface area contributed by atoms with Crippen LogP contribution in [0.5, 0.6) is 0 Å². The summed E-state index contributed by atoms with van der Waals surface area (Å²) >= 11 is 3.25. The molecule has 0 saturated carbocycles. The molecule has 2 rings (SSSR count). The number of hydrogen-bond acceptors (Lipinski definition) is 3. The lowest BCUT2D eigenvalue weighted by Crippen LogP contribution is -2.48. The van der Waals surface area contributed by atoms with E-state index >= 15 is 0 Å². The highest BCUT2D eigenvalue weighted by molar-refractivity contribution is 9.10. The molecule has 6 nitrogen and oxygen atoms in total. The Labute approximate surface area is 162 Å². The quantitative estimate of drug-likeness (QED) is 0.414. The molecule has 144 valence electrons. The zero-order valence-electron chi connectivity index (χ0n) is 15.0. The van der Waals surface area contributed by atoms with Crippen LogP contribution < -0.4 is 11.1 Å². The van der Waals surface area contributed by atoms with Crippen LogP contribution in [-0.4, -0.2) is 49.2 Å². The van der Waals surface area contributed by atoms with Gasteiger partial charge in [0.1, 0.15) is 5.82 Å². The number of nitrogens with two attached hydrogens (primary N) is 1. The molecule has 0 spiro atoms. The molecule has 1 heterocycles. The topological polar surface area (TPSA) is 80.0 Å². The molecule has 26 heavy (non-hydrogen) atoms. The van der Waals surface area contributed by atoms with Crippen molar-refractivity contribution in [3.8, 4) is 0 Å². The van der Waals surface area contributed by atoms with Gasteiger partial charge in [0.15, 0.2) is 5.96 Å². The lowest BCUT2D eigenvalue weighted by Gasteiger charge is -2.31. The van der Waals surface area contributed by atoms with Gasteiger partial charge >= 0.3 is 6.09 Å². The van der Waals surface area contributed by atoms with Gasteiger partial charge in [0.25, 0.3) is 0 Å². The molecule has 1 aliphatic heterocycles. The maximum absolute atomic E-state index is 13.7. The molecule has 1 aliphatic rings. The number of hydrogen-bond donors (Lipinski definition) is 2. The molecule has 0 unspecified atom stereocenters. The third kappa shape index (κ3) is 6.48. The third-order valence-corrected chi connectivity index (χ3v) is 4.77. The van der Waals surface area contributed by atoms with Crippen LogP contribution in [0.15, 0.2) is 27.7 Å². The molecule has 1 fully saturated rings. The number of amides is 1. The van der Waals surface area contributed by atoms with E-state index < -0.39 is 0 Å². The Morgan fingerprint density at radius 3 is 2.85 bits per heavy atom. The van der Waals surface area contributed by atoms with E-state index in [4.69, 9.17) is 10.5 Å². The first-order chi connectivity index (χ1) is 12.5. The van der Waals surface area contributed by atoms with E-state index in [9.17, 15) is 9.18 Å². The number of halogens is 2. The van der Waals surface area contributed by atoms with Crippen molar-refractivity contribution in [2.45, 2.75) is 38.6 Å². The minimum atomic E-state index is -0.257. The summed E-state index contributed by atoms with van der Waals surface area (Å²) in [5, 5.41) is 3.20. The summed E-state index contributed by atoms with van der Waals surface area (Å²) in [6, 6.07) is 5.29. The van der Waals surface area contributed by atoms with Crippen molar-refractivity contribution in [1.82, 2.24) is 10.2 Å². The fourth-order valence-electron chi connectivity index (χ4n) is 2.87. The largest absolute Gasteiger partial charge is 0.450 e. The van der Waals surface area contributed by atoms with Crippen LogP contribution in [0.25, 0.3) is 0 Å². The van der Waals surface area contributed by atoms with E-state index in [2.05, 4.69) is 26.2 Å². The number of piperidine rings is 1. The van der Waals surface area contributed by atoms with E-state index in [1.165, 1.54) is 6.07 Å². The van der Waals surface area contributed by atoms with Crippen LogP contribution in [0.2, 0.25) is 0 Å². The summed E-state index contributed by atoms with van der Waals surface area (Å²) in [4.78, 5) is 17.7. The van der Waals surface area contributed by atoms with Gasteiger partial charge in [-0.3, -0.25) is 4.99 Å². The number of aryl methyl sites for hydroxylation is 1. The number of benzene rings is 1. The normalized spacial score (nSPS) is 15.8. The number of nitrogens with zero attached hydrogens (tertiary/aromatic N) is 2. The molecular formula is C18H26BrFN4O2. The van der Waals surface area contributed by atoms with Crippen LogP contribution in [-0.2, 0) is 11.2 Å². The Morgan fingerprint density at radius 2 is 2.19 bits per heavy atom. The average Bonchev–Trinajstić information content (AvgIpc) is 2.61. The van der Waals surface area contributed by atoms with Gasteiger partial charge in [-0.1, -0.05) is 22.0 Å². The molecule has 1 saturated heterocycles. The van der Waals surface area contributed by atoms with E-state index in [1.54, 1.807) is 17.9 Å². The van der Waals surface area contributed by atoms with Gasteiger partial charge in [-0.2, -0.15) is 0 Å². The standard InChI is InChI=1S/C18H26BrFN4O2/c1-2-26-18(25)24-10-7-15(8-11-24)23-17(21)22-9-3-4-13-5-6-14(19)12-16(13)20/h5-6,12,15H,2-4,7-11H2,1H3,(H3,21,22,23). The van der Waals surface area contributed by atoms with E-state index in [0.717, 1.165) is 23.7 Å². The van der Waals surface area contributed by atoms with Crippen LogP contribution >= 0.6 is 15.9 Å². The SMILES string of the molecule is CCOC(=O)N1CCC(NC(N)=NCCCc2ccc(Br)cc2F)CC1. The average molecular weight is 429 g/mol. The Morgan fingerprint density at radius 1 is 1.46 bits per heavy atom. The van der Waals surface area contributed by atoms with Gasteiger partial charge in [0.2, 0.25) is 0 Å². The highest BCUT2D eigenvalue weighted by atomic mass is 79.9. The van der Waals surface area contributed by atoms with Crippen molar-refractivity contribution in [2.75, 3.05) is 26.2 Å². The highest BCUT2D eigenvalue weighted by Gasteiger charge is 2.23. The lowest BCUT2D eigenvalue weighted by atomic mass is 10.1. The number of rotatable bonds is 6. The summed E-state index contributed by atoms with van der Waals surface area (Å²) in [6.45, 7) is 4.02. The molecule has 8 heteroatoms. The summed E-state index contributed by atoms with van der Waals surface area (Å²) in [6.07, 6.45) is 2.70. The lowest BCUT2D eigenvalue weighted by molar-refractivity contribution is 0.0963. The van der Waals surface area contributed by atoms with Gasteiger partial charge in [0, 0.05) is 30.1 Å². The fraction of sp³-hybridized carbons (Fsp3) is 0.556. The zero-order chi connectivity index (χ0) is 18.9. The number of carbonyl (C=O) groups is 1. The Hall–Kier alpha value is -1.83. The van der Waals surface area contributed by atoms with Crippen molar-refractivity contribution in [3.63, 3.8) is 0 Å². The van der Waals surface area contributed by atoms with Gasteiger partial charge in [0.05, 0.1) is 6.61 Å². The second-order valence-electron chi connectivity index (χ2n) is 6.21. The zero-order valence-corrected chi connectivity index (χ0v) is 16.6. The minimum Gasteiger partial charge on any atom is -0.450 e. The predicted octanol–water partition coefficient (Wildman–Crippen LogP) is 3.05. The number of aliphatic imine (C=N–C) groups is 1. The first kappa shape index (κ1) is 20.5. The second kappa shape index (κ2) is 10.4. The molecule has 0 aliphatic carbocycles. The van der Waals surface area contributed by atoms with E-state index in [1.807, 2.05) is 6.07 Å². The van der Waals surface area contributed by atoms with E-state index in [-0.39, 0.29) is 18.0 Å². The van der Waals surface area contributed by atoms with Crippen molar-refractivity contribution < 1.29 is 13.9 Å². The molecule has 1 amide bonds. The number of carbonyl (C=O) groups excluding carboxylic acids is 1. The number of guanidine groups is 1. The molecule has 1 aromatic carbocycles. The van der Waals surface area contributed by atoms with Crippen LogP contribution in [0.3, 0.4) is 0 Å². The molecule has 0 aromatic heterocycles. The molecule has 0 radical (unpaired) electrons. The minimum absolute atomic E-state index is 0.202. The van der Waals surface area contributed by atoms with Crippen LogP contribution in [0, 0.1) is 5.82 Å². The first-order valence-electron chi connectivity index (χ1n) is 8.91. The maximum Gasteiger partial charge on any atom is 0.409 e. The number of nitrogens with one attached hydrogen (secondary N) is 1. The molecule has 1 aromatic rings. The Bertz CT molecular complexity index is 634. The molecule has 0 atom stereocenters. The number of ether oxygens (including phenoxy) is 1. The van der Waals surface area contributed by atoms with Gasteiger partial charge in [-0.25, -0.2) is 9.18 Å². The monoisotopic (exact) mass is 428 g/mol. The van der Waals surface area contributed by atoms with Crippen LogP contribution in [0.4, 0.5) is 9.18 Å².